The number of piperazine rings is 1. The van der Waals surface area contributed by atoms with Crippen LogP contribution >= 0.6 is 0 Å². The Bertz CT molecular complexity index is 1080. The zero-order valence-corrected chi connectivity index (χ0v) is 20.4. The number of nitrogens with zero attached hydrogens (tertiary/aromatic N) is 3. The minimum atomic E-state index is -0.431. The summed E-state index contributed by atoms with van der Waals surface area (Å²) in [4.78, 5) is 42.5. The molecule has 2 amide bonds. The summed E-state index contributed by atoms with van der Waals surface area (Å²) in [6.45, 7) is 8.13. The maximum absolute atomic E-state index is 12.5. The van der Waals surface area contributed by atoms with Crippen LogP contribution in [0.15, 0.2) is 47.3 Å². The molecule has 11 nitrogen and oxygen atoms in total. The second kappa shape index (κ2) is 11.4. The maximum atomic E-state index is 12.5. The number of cyclic esters (lactones) is 1. The Hall–Kier alpha value is -3.70. The van der Waals surface area contributed by atoms with Gasteiger partial charge in [-0.05, 0) is 44.2 Å². The van der Waals surface area contributed by atoms with Gasteiger partial charge in [0.1, 0.15) is 24.2 Å². The number of esters is 1. The Morgan fingerprint density at radius 2 is 1.86 bits per heavy atom. The molecule has 192 valence electrons. The second-order valence-electron chi connectivity index (χ2n) is 8.77. The molecular formula is C25H31N5O6. The van der Waals surface area contributed by atoms with Crippen molar-refractivity contribution in [2.24, 2.45) is 0 Å². The molecule has 2 unspecified atom stereocenters. The van der Waals surface area contributed by atoms with Crippen molar-refractivity contribution in [1.29, 1.82) is 5.41 Å². The van der Waals surface area contributed by atoms with Crippen LogP contribution in [0.2, 0.25) is 0 Å². The summed E-state index contributed by atoms with van der Waals surface area (Å²) in [5.74, 6) is -0.682. The number of benzene rings is 1. The van der Waals surface area contributed by atoms with Crippen LogP contribution in [-0.4, -0.2) is 91.6 Å². The van der Waals surface area contributed by atoms with E-state index in [4.69, 9.17) is 19.3 Å². The van der Waals surface area contributed by atoms with Gasteiger partial charge in [-0.2, -0.15) is 0 Å². The van der Waals surface area contributed by atoms with Gasteiger partial charge in [-0.25, -0.2) is 4.79 Å². The Balaban J connectivity index is 1.26. The van der Waals surface area contributed by atoms with E-state index in [-0.39, 0.29) is 24.0 Å². The molecule has 0 bridgehead atoms. The van der Waals surface area contributed by atoms with Crippen molar-refractivity contribution < 1.29 is 28.3 Å². The number of furan rings is 1. The third-order valence-electron chi connectivity index (χ3n) is 6.41. The highest BCUT2D eigenvalue weighted by molar-refractivity contribution is 6.11. The first-order chi connectivity index (χ1) is 17.4. The first-order valence-electron chi connectivity index (χ1n) is 12.0. The lowest BCUT2D eigenvalue weighted by molar-refractivity contribution is -0.149. The number of nitrogens with one attached hydrogen (secondary N) is 2. The van der Waals surface area contributed by atoms with E-state index in [1.807, 2.05) is 6.92 Å². The third kappa shape index (κ3) is 5.92. The van der Waals surface area contributed by atoms with E-state index in [0.29, 0.717) is 36.5 Å². The normalized spacial score (nSPS) is 19.6. The zero-order chi connectivity index (χ0) is 25.7. The summed E-state index contributed by atoms with van der Waals surface area (Å²) >= 11 is 0. The van der Waals surface area contributed by atoms with Crippen LogP contribution in [0.4, 0.5) is 10.5 Å². The molecule has 0 aliphatic carbocycles. The average molecular weight is 498 g/mol. The average Bonchev–Trinajstić information content (AvgIpc) is 3.54. The summed E-state index contributed by atoms with van der Waals surface area (Å²) in [5.41, 5.74) is 1.50. The fourth-order valence-corrected chi connectivity index (χ4v) is 4.32. The van der Waals surface area contributed by atoms with Gasteiger partial charge in [0.2, 0.25) is 0 Å². The largest absolute Gasteiger partial charge is 0.472 e. The molecule has 1 aromatic carbocycles. The van der Waals surface area contributed by atoms with E-state index in [2.05, 4.69) is 15.1 Å². The highest BCUT2D eigenvalue weighted by Gasteiger charge is 2.35. The fourth-order valence-electron chi connectivity index (χ4n) is 4.32. The van der Waals surface area contributed by atoms with Crippen molar-refractivity contribution in [3.63, 3.8) is 0 Å². The van der Waals surface area contributed by atoms with Crippen molar-refractivity contribution in [3.05, 3.63) is 54.0 Å². The van der Waals surface area contributed by atoms with Crippen LogP contribution < -0.4 is 10.2 Å². The predicted molar refractivity (Wildman–Crippen MR) is 131 cm³/mol. The summed E-state index contributed by atoms with van der Waals surface area (Å²) < 4.78 is 15.6. The number of carbonyl (C=O) groups is 3. The summed E-state index contributed by atoms with van der Waals surface area (Å²) in [6.07, 6.45) is 2.03. The van der Waals surface area contributed by atoms with E-state index in [9.17, 15) is 14.4 Å². The molecule has 2 atom stereocenters. The molecule has 4 rings (SSSR count). The maximum Gasteiger partial charge on any atom is 0.414 e. The molecule has 2 N–H and O–H groups in total. The van der Waals surface area contributed by atoms with Crippen molar-refractivity contribution >= 4 is 29.5 Å². The van der Waals surface area contributed by atoms with Crippen LogP contribution in [0, 0.1) is 5.41 Å². The molecule has 3 heterocycles. The molecule has 36 heavy (non-hydrogen) atoms. The smallest absolute Gasteiger partial charge is 0.414 e. The highest BCUT2D eigenvalue weighted by atomic mass is 16.6. The Morgan fingerprint density at radius 1 is 1.14 bits per heavy atom. The Labute approximate surface area is 209 Å². The fraction of sp³-hybridized carbons (Fsp3) is 0.440. The van der Waals surface area contributed by atoms with Crippen LogP contribution in [0.5, 0.6) is 0 Å². The number of carbonyl (C=O) groups excluding carboxylic acids is 3. The lowest BCUT2D eigenvalue weighted by atomic mass is 10.1. The molecule has 2 aliphatic rings. The number of hydrogen-bond acceptors (Lipinski definition) is 9. The predicted octanol–water partition coefficient (Wildman–Crippen LogP) is 1.93. The third-order valence-corrected chi connectivity index (χ3v) is 6.41. The van der Waals surface area contributed by atoms with Gasteiger partial charge >= 0.3 is 12.1 Å². The lowest BCUT2D eigenvalue weighted by Crippen LogP contribution is -2.53. The zero-order valence-electron chi connectivity index (χ0n) is 20.4. The van der Waals surface area contributed by atoms with E-state index >= 15 is 0 Å². The first-order valence-corrected chi connectivity index (χ1v) is 12.0. The molecule has 0 saturated carbocycles. The molecule has 2 aliphatic heterocycles. The highest BCUT2D eigenvalue weighted by Crippen LogP contribution is 2.23. The summed E-state index contributed by atoms with van der Waals surface area (Å²) in [7, 11) is 0. The molecule has 0 spiro atoms. The minimum absolute atomic E-state index is 0.0500. The summed E-state index contributed by atoms with van der Waals surface area (Å²) in [5, 5.41) is 10.7. The van der Waals surface area contributed by atoms with Gasteiger partial charge in [-0.3, -0.25) is 29.7 Å². The van der Waals surface area contributed by atoms with Crippen molar-refractivity contribution in [3.8, 4) is 0 Å². The minimum Gasteiger partial charge on any atom is -0.472 e. The number of amides is 2. The molecule has 2 saturated heterocycles. The van der Waals surface area contributed by atoms with E-state index in [1.165, 1.54) is 18.6 Å². The van der Waals surface area contributed by atoms with Crippen LogP contribution in [0.3, 0.4) is 0 Å². The van der Waals surface area contributed by atoms with E-state index in [0.717, 1.165) is 26.2 Å². The number of hydrogen-bond donors (Lipinski definition) is 2. The molecular weight excluding hydrogens is 466 g/mol. The Morgan fingerprint density at radius 3 is 2.50 bits per heavy atom. The van der Waals surface area contributed by atoms with Crippen LogP contribution in [0.25, 0.3) is 0 Å². The Kier molecular flexibility index (Phi) is 8.01. The van der Waals surface area contributed by atoms with Gasteiger partial charge < -0.3 is 19.2 Å². The molecule has 2 aromatic rings. The molecule has 1 aromatic heterocycles. The van der Waals surface area contributed by atoms with Gasteiger partial charge in [0, 0.05) is 44.0 Å². The molecule has 0 radical (unpaired) electrons. The topological polar surface area (TPSA) is 128 Å². The van der Waals surface area contributed by atoms with Crippen molar-refractivity contribution in [1.82, 2.24) is 15.1 Å². The van der Waals surface area contributed by atoms with Crippen LogP contribution in [-0.2, 0) is 14.3 Å². The first kappa shape index (κ1) is 25.4. The number of rotatable bonds is 8. The molecule has 11 heteroatoms. The van der Waals surface area contributed by atoms with Gasteiger partial charge in [0.25, 0.3) is 5.91 Å². The standard InChI is InChI=1S/C25H31N5O6/c1-3-35-24(32)17(2)29-11-9-28(10-12-29)14-21-15-30(25(33)36-21)20-6-4-18(5-7-20)22(26)27-23(31)19-8-13-34-16-19/h4-8,13,16-17,21H,3,9-12,14-15H2,1-2H3,(H2,26,27,31). The van der Waals surface area contributed by atoms with E-state index in [1.54, 1.807) is 36.1 Å². The summed E-state index contributed by atoms with van der Waals surface area (Å²) in [6, 6.07) is 8.07. The van der Waals surface area contributed by atoms with Gasteiger partial charge in [-0.1, -0.05) is 0 Å². The SMILES string of the molecule is CCOC(=O)C(C)N1CCN(CC2CN(c3ccc(C(=N)NC(=O)c4ccoc4)cc3)C(=O)O2)CC1. The van der Waals surface area contributed by atoms with Crippen molar-refractivity contribution in [2.45, 2.75) is 26.0 Å². The molecule has 2 fully saturated rings. The monoisotopic (exact) mass is 497 g/mol. The van der Waals surface area contributed by atoms with Gasteiger partial charge in [0.05, 0.1) is 25.0 Å². The number of ether oxygens (including phenoxy) is 2. The number of amidine groups is 1. The quantitative estimate of drug-likeness (QED) is 0.322. The van der Waals surface area contributed by atoms with E-state index < -0.39 is 12.0 Å². The van der Waals surface area contributed by atoms with Gasteiger partial charge in [0.15, 0.2) is 0 Å². The van der Waals surface area contributed by atoms with Gasteiger partial charge in [-0.15, -0.1) is 0 Å². The lowest BCUT2D eigenvalue weighted by Gasteiger charge is -2.37. The van der Waals surface area contributed by atoms with Crippen LogP contribution in [0.1, 0.15) is 29.8 Å². The van der Waals surface area contributed by atoms with Crippen molar-refractivity contribution in [2.75, 3.05) is 50.8 Å². The second-order valence-corrected chi connectivity index (χ2v) is 8.77. The number of anilines is 1.